The molecule has 1 aromatic carbocycles. The molecule has 0 radical (unpaired) electrons. The average Bonchev–Trinajstić information content (AvgIpc) is 2.33. The second-order valence-electron chi connectivity index (χ2n) is 4.65. The molecule has 1 unspecified atom stereocenters. The van der Waals surface area contributed by atoms with Crippen molar-refractivity contribution < 1.29 is 0 Å². The predicted molar refractivity (Wildman–Crippen MR) is 68.6 cm³/mol. The van der Waals surface area contributed by atoms with Crippen molar-refractivity contribution in [2.75, 3.05) is 19.6 Å². The first-order chi connectivity index (χ1) is 7.81. The van der Waals surface area contributed by atoms with E-state index in [1.54, 1.807) is 0 Å². The minimum Gasteiger partial charge on any atom is -0.314 e. The Kier molecular flexibility index (Phi) is 3.97. The second-order valence-corrected chi connectivity index (χ2v) is 4.65. The third-order valence-electron chi connectivity index (χ3n) is 3.51. The van der Waals surface area contributed by atoms with Crippen LogP contribution < -0.4 is 5.32 Å². The minimum atomic E-state index is 0.652. The molecule has 88 valence electrons. The van der Waals surface area contributed by atoms with Crippen LogP contribution in [0.2, 0.25) is 0 Å². The van der Waals surface area contributed by atoms with Crippen LogP contribution in [-0.2, 0) is 13.0 Å². The number of piperazine rings is 1. The minimum absolute atomic E-state index is 0.652. The van der Waals surface area contributed by atoms with Gasteiger partial charge in [-0.15, -0.1) is 0 Å². The van der Waals surface area contributed by atoms with Crippen LogP contribution in [0, 0.1) is 0 Å². The van der Waals surface area contributed by atoms with E-state index < -0.39 is 0 Å². The summed E-state index contributed by atoms with van der Waals surface area (Å²) in [5.41, 5.74) is 2.99. The number of nitrogens with zero attached hydrogens (tertiary/aromatic N) is 1. The SMILES string of the molecule is CCc1ccccc1CN1CCNCC1C. The first-order valence-corrected chi connectivity index (χ1v) is 6.32. The van der Waals surface area contributed by atoms with Gasteiger partial charge in [0.1, 0.15) is 0 Å². The monoisotopic (exact) mass is 218 g/mol. The molecule has 1 atom stereocenters. The Hall–Kier alpha value is -0.860. The molecule has 0 bridgehead atoms. The average molecular weight is 218 g/mol. The highest BCUT2D eigenvalue weighted by molar-refractivity contribution is 5.27. The molecule has 2 nitrogen and oxygen atoms in total. The lowest BCUT2D eigenvalue weighted by Gasteiger charge is -2.34. The van der Waals surface area contributed by atoms with Gasteiger partial charge in [-0.05, 0) is 24.5 Å². The lowest BCUT2D eigenvalue weighted by Crippen LogP contribution is -2.49. The summed E-state index contributed by atoms with van der Waals surface area (Å²) in [7, 11) is 0. The Morgan fingerprint density at radius 2 is 2.06 bits per heavy atom. The molecular weight excluding hydrogens is 196 g/mol. The molecule has 1 heterocycles. The van der Waals surface area contributed by atoms with Crippen LogP contribution in [-0.4, -0.2) is 30.6 Å². The maximum absolute atomic E-state index is 3.44. The number of rotatable bonds is 3. The fourth-order valence-electron chi connectivity index (χ4n) is 2.39. The molecule has 0 aromatic heterocycles. The summed E-state index contributed by atoms with van der Waals surface area (Å²) in [5, 5.41) is 3.44. The summed E-state index contributed by atoms with van der Waals surface area (Å²) in [6.07, 6.45) is 1.14. The molecule has 1 aliphatic heterocycles. The number of benzene rings is 1. The molecule has 1 N–H and O–H groups in total. The maximum Gasteiger partial charge on any atom is 0.0240 e. The van der Waals surface area contributed by atoms with Gasteiger partial charge in [0.25, 0.3) is 0 Å². The largest absolute Gasteiger partial charge is 0.314 e. The molecular formula is C14H22N2. The molecule has 1 aliphatic rings. The van der Waals surface area contributed by atoms with Gasteiger partial charge < -0.3 is 5.32 Å². The van der Waals surface area contributed by atoms with Crippen LogP contribution in [0.3, 0.4) is 0 Å². The van der Waals surface area contributed by atoms with Gasteiger partial charge in [0.05, 0.1) is 0 Å². The number of aryl methyl sites for hydroxylation is 1. The quantitative estimate of drug-likeness (QED) is 0.835. The first-order valence-electron chi connectivity index (χ1n) is 6.32. The molecule has 1 fully saturated rings. The molecule has 0 amide bonds. The zero-order valence-corrected chi connectivity index (χ0v) is 10.4. The van der Waals surface area contributed by atoms with Gasteiger partial charge in [-0.1, -0.05) is 31.2 Å². The van der Waals surface area contributed by atoms with Crippen molar-refractivity contribution in [2.45, 2.75) is 32.9 Å². The van der Waals surface area contributed by atoms with E-state index in [2.05, 4.69) is 48.3 Å². The van der Waals surface area contributed by atoms with Gasteiger partial charge in [-0.3, -0.25) is 4.90 Å². The van der Waals surface area contributed by atoms with Crippen molar-refractivity contribution in [3.8, 4) is 0 Å². The fraction of sp³-hybridized carbons (Fsp3) is 0.571. The first kappa shape index (κ1) is 11.6. The van der Waals surface area contributed by atoms with Crippen molar-refractivity contribution in [1.29, 1.82) is 0 Å². The van der Waals surface area contributed by atoms with Gasteiger partial charge in [0.2, 0.25) is 0 Å². The van der Waals surface area contributed by atoms with Crippen molar-refractivity contribution in [3.05, 3.63) is 35.4 Å². The Balaban J connectivity index is 2.07. The van der Waals surface area contributed by atoms with Crippen molar-refractivity contribution in [1.82, 2.24) is 10.2 Å². The van der Waals surface area contributed by atoms with E-state index in [-0.39, 0.29) is 0 Å². The van der Waals surface area contributed by atoms with E-state index in [1.165, 1.54) is 17.7 Å². The molecule has 0 aliphatic carbocycles. The van der Waals surface area contributed by atoms with Gasteiger partial charge >= 0.3 is 0 Å². The predicted octanol–water partition coefficient (Wildman–Crippen LogP) is 2.04. The van der Waals surface area contributed by atoms with E-state index in [0.717, 1.165) is 26.1 Å². The van der Waals surface area contributed by atoms with Crippen LogP contribution >= 0.6 is 0 Å². The lowest BCUT2D eigenvalue weighted by molar-refractivity contribution is 0.165. The van der Waals surface area contributed by atoms with Crippen LogP contribution in [0.4, 0.5) is 0 Å². The summed E-state index contributed by atoms with van der Waals surface area (Å²) >= 11 is 0. The Morgan fingerprint density at radius 3 is 2.75 bits per heavy atom. The summed E-state index contributed by atoms with van der Waals surface area (Å²) in [6, 6.07) is 9.47. The highest BCUT2D eigenvalue weighted by Crippen LogP contribution is 2.14. The van der Waals surface area contributed by atoms with Gasteiger partial charge in [-0.2, -0.15) is 0 Å². The number of hydrogen-bond donors (Lipinski definition) is 1. The molecule has 2 rings (SSSR count). The van der Waals surface area contributed by atoms with Gasteiger partial charge in [0, 0.05) is 32.2 Å². The van der Waals surface area contributed by atoms with Crippen LogP contribution in [0.15, 0.2) is 24.3 Å². The number of hydrogen-bond acceptors (Lipinski definition) is 2. The molecule has 1 aromatic rings. The highest BCUT2D eigenvalue weighted by Gasteiger charge is 2.18. The second kappa shape index (κ2) is 5.46. The Bertz CT molecular complexity index is 335. The lowest BCUT2D eigenvalue weighted by atomic mass is 10.0. The van der Waals surface area contributed by atoms with Crippen LogP contribution in [0.5, 0.6) is 0 Å². The van der Waals surface area contributed by atoms with Gasteiger partial charge in [0.15, 0.2) is 0 Å². The normalized spacial score (nSPS) is 22.2. The summed E-state index contributed by atoms with van der Waals surface area (Å²) in [5.74, 6) is 0. The van der Waals surface area contributed by atoms with Crippen molar-refractivity contribution >= 4 is 0 Å². The van der Waals surface area contributed by atoms with E-state index in [1.807, 2.05) is 0 Å². The zero-order chi connectivity index (χ0) is 11.4. The van der Waals surface area contributed by atoms with E-state index in [0.29, 0.717) is 6.04 Å². The Labute approximate surface area is 98.7 Å². The molecule has 16 heavy (non-hydrogen) atoms. The summed E-state index contributed by atoms with van der Waals surface area (Å²) < 4.78 is 0. The van der Waals surface area contributed by atoms with E-state index in [4.69, 9.17) is 0 Å². The van der Waals surface area contributed by atoms with Crippen LogP contribution in [0.25, 0.3) is 0 Å². The van der Waals surface area contributed by atoms with Crippen LogP contribution in [0.1, 0.15) is 25.0 Å². The Morgan fingerprint density at radius 1 is 1.31 bits per heavy atom. The zero-order valence-electron chi connectivity index (χ0n) is 10.4. The number of nitrogens with one attached hydrogen (secondary N) is 1. The standard InChI is InChI=1S/C14H22N2/c1-3-13-6-4-5-7-14(13)11-16-9-8-15-10-12(16)2/h4-7,12,15H,3,8-11H2,1-2H3. The summed E-state index contributed by atoms with van der Waals surface area (Å²) in [6.45, 7) is 9.06. The van der Waals surface area contributed by atoms with E-state index >= 15 is 0 Å². The third kappa shape index (κ3) is 2.63. The molecule has 2 heteroatoms. The smallest absolute Gasteiger partial charge is 0.0240 e. The highest BCUT2D eigenvalue weighted by atomic mass is 15.2. The maximum atomic E-state index is 3.44. The topological polar surface area (TPSA) is 15.3 Å². The molecule has 1 saturated heterocycles. The fourth-order valence-corrected chi connectivity index (χ4v) is 2.39. The van der Waals surface area contributed by atoms with E-state index in [9.17, 15) is 0 Å². The van der Waals surface area contributed by atoms with Gasteiger partial charge in [-0.25, -0.2) is 0 Å². The summed E-state index contributed by atoms with van der Waals surface area (Å²) in [4.78, 5) is 2.57. The van der Waals surface area contributed by atoms with Crippen molar-refractivity contribution in [2.24, 2.45) is 0 Å². The third-order valence-corrected chi connectivity index (χ3v) is 3.51. The van der Waals surface area contributed by atoms with Crippen molar-refractivity contribution in [3.63, 3.8) is 0 Å². The molecule has 0 saturated carbocycles. The molecule has 0 spiro atoms.